The summed E-state index contributed by atoms with van der Waals surface area (Å²) in [5, 5.41) is 0.872. The fraction of sp³-hybridized carbons (Fsp3) is 0.688. The Hall–Kier alpha value is -2.79. The van der Waals surface area contributed by atoms with Crippen LogP contribution >= 0.6 is 11.6 Å². The number of hydrogen-bond donors (Lipinski definition) is 0. The number of aromatic nitrogens is 3. The van der Waals surface area contributed by atoms with Gasteiger partial charge < -0.3 is 19.1 Å². The molecule has 44 heavy (non-hydrogen) atoms. The fourth-order valence-corrected chi connectivity index (χ4v) is 8.42. The number of amides is 1. The Kier molecular flexibility index (Phi) is 6.87. The fourth-order valence-electron chi connectivity index (χ4n) is 8.17. The molecule has 7 rings (SSSR count). The van der Waals surface area contributed by atoms with Crippen LogP contribution in [-0.2, 0) is 4.74 Å². The number of pyridine rings is 1. The van der Waals surface area contributed by atoms with Gasteiger partial charge in [0.2, 0.25) is 5.88 Å². The number of nitrogens with zero attached hydrogens (tertiary/aromatic N) is 5. The lowest BCUT2D eigenvalue weighted by Gasteiger charge is -2.32. The highest BCUT2D eigenvalue weighted by Gasteiger charge is 2.77. The molecule has 5 atom stereocenters. The SMILES string of the molecule is C=Cc1c(Cl)nc2c3c(nc(OC[C@@]45CCCN4CC4(CC4(F)F)C5)nc13)[C@H]1CCCN(C(=O)OC(C)(C)C)C[C@H]1[C@H](C)O2. The van der Waals surface area contributed by atoms with Gasteiger partial charge in [-0.1, -0.05) is 24.3 Å². The van der Waals surface area contributed by atoms with Gasteiger partial charge in [-0.05, 0) is 66.3 Å². The summed E-state index contributed by atoms with van der Waals surface area (Å²) in [5.41, 5.74) is -0.171. The third-order valence-electron chi connectivity index (χ3n) is 10.4. The first kappa shape index (κ1) is 29.9. The number of fused-ring (bicyclic) bond motifs is 3. The van der Waals surface area contributed by atoms with E-state index in [9.17, 15) is 13.6 Å². The van der Waals surface area contributed by atoms with Gasteiger partial charge in [0, 0.05) is 43.5 Å². The van der Waals surface area contributed by atoms with Crippen molar-refractivity contribution in [1.29, 1.82) is 0 Å². The van der Waals surface area contributed by atoms with Gasteiger partial charge in [-0.15, -0.1) is 0 Å². The van der Waals surface area contributed by atoms with E-state index in [1.54, 1.807) is 11.0 Å². The molecule has 12 heteroatoms. The quantitative estimate of drug-likeness (QED) is 0.355. The van der Waals surface area contributed by atoms with Gasteiger partial charge in [0.1, 0.15) is 23.5 Å². The molecule has 238 valence electrons. The van der Waals surface area contributed by atoms with Gasteiger partial charge in [0.25, 0.3) is 5.92 Å². The minimum absolute atomic E-state index is 0.0482. The number of alkyl halides is 2. The first-order valence-electron chi connectivity index (χ1n) is 15.7. The number of halogens is 3. The Morgan fingerprint density at radius 3 is 2.68 bits per heavy atom. The van der Waals surface area contributed by atoms with Crippen LogP contribution in [0.2, 0.25) is 5.15 Å². The molecule has 5 aliphatic rings. The summed E-state index contributed by atoms with van der Waals surface area (Å²) in [6, 6.07) is 0.176. The number of hydrogen-bond acceptors (Lipinski definition) is 8. The average molecular weight is 632 g/mol. The van der Waals surface area contributed by atoms with Crippen molar-refractivity contribution in [2.75, 3.05) is 32.8 Å². The monoisotopic (exact) mass is 631 g/mol. The second-order valence-corrected chi connectivity index (χ2v) is 14.8. The maximum Gasteiger partial charge on any atom is 0.410 e. The Bertz CT molecular complexity index is 1530. The van der Waals surface area contributed by atoms with E-state index in [2.05, 4.69) is 16.5 Å². The van der Waals surface area contributed by atoms with Crippen molar-refractivity contribution >= 4 is 34.7 Å². The summed E-state index contributed by atoms with van der Waals surface area (Å²) < 4.78 is 47.4. The van der Waals surface area contributed by atoms with E-state index < -0.39 is 22.5 Å². The molecule has 0 radical (unpaired) electrons. The van der Waals surface area contributed by atoms with E-state index in [-0.39, 0.29) is 48.2 Å². The highest BCUT2D eigenvalue weighted by atomic mass is 35.5. The normalized spacial score (nSPS) is 32.4. The highest BCUT2D eigenvalue weighted by molar-refractivity contribution is 6.32. The topological polar surface area (TPSA) is 89.9 Å². The van der Waals surface area contributed by atoms with E-state index in [0.29, 0.717) is 48.4 Å². The van der Waals surface area contributed by atoms with Gasteiger partial charge in [0.15, 0.2) is 0 Å². The molecule has 0 N–H and O–H groups in total. The van der Waals surface area contributed by atoms with Crippen LogP contribution in [0, 0.1) is 11.3 Å². The van der Waals surface area contributed by atoms with Crippen LogP contribution in [0.3, 0.4) is 0 Å². The largest absolute Gasteiger partial charge is 0.474 e. The van der Waals surface area contributed by atoms with Crippen molar-refractivity contribution in [3.8, 4) is 11.9 Å². The van der Waals surface area contributed by atoms with E-state index in [0.717, 1.165) is 37.9 Å². The van der Waals surface area contributed by atoms with Crippen LogP contribution in [0.5, 0.6) is 11.9 Å². The summed E-state index contributed by atoms with van der Waals surface area (Å²) in [6.07, 6.45) is 4.57. The Morgan fingerprint density at radius 1 is 1.20 bits per heavy atom. The zero-order chi connectivity index (χ0) is 31.2. The van der Waals surface area contributed by atoms with Crippen molar-refractivity contribution in [2.45, 2.75) is 95.3 Å². The number of likely N-dealkylation sites (tertiary alicyclic amines) is 1. The van der Waals surface area contributed by atoms with Gasteiger partial charge in [-0.25, -0.2) is 18.6 Å². The van der Waals surface area contributed by atoms with E-state index in [1.165, 1.54) is 0 Å². The maximum absolute atomic E-state index is 14.4. The predicted octanol–water partition coefficient (Wildman–Crippen LogP) is 6.48. The zero-order valence-electron chi connectivity index (χ0n) is 25.8. The Balaban J connectivity index is 1.25. The lowest BCUT2D eigenvalue weighted by atomic mass is 9.82. The third-order valence-corrected chi connectivity index (χ3v) is 10.7. The second-order valence-electron chi connectivity index (χ2n) is 14.5. The number of carbonyl (C=O) groups is 1. The molecule has 4 aliphatic heterocycles. The molecule has 9 nitrogen and oxygen atoms in total. The molecule has 0 bridgehead atoms. The zero-order valence-corrected chi connectivity index (χ0v) is 26.6. The maximum atomic E-state index is 14.4. The molecule has 1 saturated carbocycles. The smallest absolute Gasteiger partial charge is 0.410 e. The summed E-state index contributed by atoms with van der Waals surface area (Å²) in [6.45, 7) is 13.9. The molecule has 1 amide bonds. The first-order valence-corrected chi connectivity index (χ1v) is 16.1. The molecule has 6 heterocycles. The molecule has 3 saturated heterocycles. The number of rotatable bonds is 4. The van der Waals surface area contributed by atoms with Crippen molar-refractivity contribution in [3.05, 3.63) is 23.0 Å². The van der Waals surface area contributed by atoms with E-state index in [4.69, 9.17) is 35.8 Å². The third kappa shape index (κ3) is 4.80. The molecule has 1 aliphatic carbocycles. The minimum atomic E-state index is -2.61. The van der Waals surface area contributed by atoms with Gasteiger partial charge in [-0.3, -0.25) is 4.90 Å². The summed E-state index contributed by atoms with van der Waals surface area (Å²) >= 11 is 6.63. The summed E-state index contributed by atoms with van der Waals surface area (Å²) in [4.78, 5) is 31.5. The molecule has 1 unspecified atom stereocenters. The minimum Gasteiger partial charge on any atom is -0.474 e. The van der Waals surface area contributed by atoms with Crippen LogP contribution in [0.15, 0.2) is 6.58 Å². The molecule has 2 aromatic rings. The summed E-state index contributed by atoms with van der Waals surface area (Å²) in [5.74, 6) is -2.47. The number of carbonyl (C=O) groups excluding carboxylic acids is 1. The van der Waals surface area contributed by atoms with Crippen LogP contribution in [0.4, 0.5) is 13.6 Å². The highest BCUT2D eigenvalue weighted by Crippen LogP contribution is 2.69. The summed E-state index contributed by atoms with van der Waals surface area (Å²) in [7, 11) is 0. The van der Waals surface area contributed by atoms with Crippen molar-refractivity contribution in [3.63, 3.8) is 0 Å². The molecule has 4 fully saturated rings. The van der Waals surface area contributed by atoms with Gasteiger partial charge in [0.05, 0.1) is 27.6 Å². The standard InChI is InChI=1S/C32H40ClF2N5O4/c1-6-19-23-22-24(37-27(36-23)42-17-31-10-8-12-40(31)16-30(14-31)15-32(30,34)35)20-9-7-11-39(28(41)44-29(3,4)5)13-21(20)18(2)43-26(22)38-25(19)33/h6,18,20-21H,1,7-17H2,2-5H3/t18-,20-,21-,30?,31-/m0/s1. The number of ether oxygens (including phenoxy) is 3. The molecular weight excluding hydrogens is 592 g/mol. The van der Waals surface area contributed by atoms with Crippen LogP contribution in [0.25, 0.3) is 17.0 Å². The van der Waals surface area contributed by atoms with E-state index in [1.807, 2.05) is 27.7 Å². The molecule has 1 spiro atoms. The lowest BCUT2D eigenvalue weighted by molar-refractivity contribution is 0.0186. The Labute approximate surface area is 261 Å². The average Bonchev–Trinajstić information content (AvgIpc) is 3.22. The van der Waals surface area contributed by atoms with E-state index >= 15 is 0 Å². The molecular formula is C32H40ClF2N5O4. The van der Waals surface area contributed by atoms with Crippen LogP contribution in [0.1, 0.15) is 83.4 Å². The van der Waals surface area contributed by atoms with Crippen LogP contribution < -0.4 is 9.47 Å². The Morgan fingerprint density at radius 2 is 1.98 bits per heavy atom. The van der Waals surface area contributed by atoms with Gasteiger partial charge >= 0.3 is 12.1 Å². The van der Waals surface area contributed by atoms with Gasteiger partial charge in [-0.2, -0.15) is 9.97 Å². The predicted molar refractivity (Wildman–Crippen MR) is 161 cm³/mol. The van der Waals surface area contributed by atoms with Crippen LogP contribution in [-0.4, -0.2) is 86.8 Å². The lowest BCUT2D eigenvalue weighted by Crippen LogP contribution is -2.43. The second kappa shape index (κ2) is 10.1. The van der Waals surface area contributed by atoms with Crippen molar-refractivity contribution < 1.29 is 27.8 Å². The molecule has 0 aromatic carbocycles. The van der Waals surface area contributed by atoms with Crippen molar-refractivity contribution in [1.82, 2.24) is 24.8 Å². The first-order chi connectivity index (χ1) is 20.7. The van der Waals surface area contributed by atoms with Crippen molar-refractivity contribution in [2.24, 2.45) is 11.3 Å². The molecule has 2 aromatic heterocycles.